The molecule has 1 heterocycles. The van der Waals surface area contributed by atoms with E-state index in [4.69, 9.17) is 4.74 Å². The number of methoxy groups -OCH3 is 1. The normalized spacial score (nSPS) is 15.6. The van der Waals surface area contributed by atoms with Gasteiger partial charge in [0.2, 0.25) is 9.84 Å². The van der Waals surface area contributed by atoms with Crippen molar-refractivity contribution in [3.63, 3.8) is 0 Å². The number of rotatable bonds is 7. The van der Waals surface area contributed by atoms with Crippen LogP contribution in [0.5, 0.6) is 11.5 Å². The molecule has 0 spiro atoms. The quantitative estimate of drug-likeness (QED) is 0.679. The molecule has 0 unspecified atom stereocenters. The monoisotopic (exact) mass is 425 g/mol. The highest BCUT2D eigenvalue weighted by molar-refractivity contribution is 7.91. The Hall–Kier alpha value is -2.39. The third-order valence-electron chi connectivity index (χ3n) is 4.96. The summed E-state index contributed by atoms with van der Waals surface area (Å²) in [6, 6.07) is 9.78. The molecule has 0 bridgehead atoms. The van der Waals surface area contributed by atoms with Gasteiger partial charge in [0, 0.05) is 26.2 Å². The van der Waals surface area contributed by atoms with Gasteiger partial charge in [0.1, 0.15) is 11.5 Å². The van der Waals surface area contributed by atoms with Crippen LogP contribution in [0.15, 0.2) is 52.3 Å². The number of benzene rings is 2. The topological polar surface area (TPSA) is 59.1 Å². The molecule has 1 aliphatic rings. The van der Waals surface area contributed by atoms with Gasteiger partial charge in [-0.3, -0.25) is 0 Å². The van der Waals surface area contributed by atoms with Crippen LogP contribution in [0.1, 0.15) is 6.92 Å². The van der Waals surface area contributed by atoms with Crippen molar-refractivity contribution < 1.29 is 26.7 Å². The molecule has 9 heteroatoms. The highest BCUT2D eigenvalue weighted by atomic mass is 32.2. The molecule has 0 atom stereocenters. The van der Waals surface area contributed by atoms with Gasteiger partial charge in [-0.15, -0.1) is 0 Å². The zero-order chi connectivity index (χ0) is 21.0. The summed E-state index contributed by atoms with van der Waals surface area (Å²) in [7, 11) is -2.37. The van der Waals surface area contributed by atoms with Gasteiger partial charge in [0.05, 0.1) is 22.6 Å². The van der Waals surface area contributed by atoms with Crippen LogP contribution in [0.3, 0.4) is 0 Å². The number of nitrogens with zero attached hydrogens (tertiary/aromatic N) is 2. The van der Waals surface area contributed by atoms with Crippen LogP contribution in [0.2, 0.25) is 0 Å². The first-order chi connectivity index (χ1) is 13.8. The van der Waals surface area contributed by atoms with Crippen molar-refractivity contribution in [2.24, 2.45) is 0 Å². The number of hydrogen-bond acceptors (Lipinski definition) is 6. The maximum atomic E-state index is 13.1. The number of sulfone groups is 1. The molecule has 158 valence electrons. The van der Waals surface area contributed by atoms with Crippen molar-refractivity contribution in [1.29, 1.82) is 0 Å². The van der Waals surface area contributed by atoms with Gasteiger partial charge < -0.3 is 19.3 Å². The Morgan fingerprint density at radius 1 is 1.03 bits per heavy atom. The van der Waals surface area contributed by atoms with Gasteiger partial charge in [-0.05, 0) is 42.9 Å². The van der Waals surface area contributed by atoms with E-state index >= 15 is 0 Å². The summed E-state index contributed by atoms with van der Waals surface area (Å²) in [5.74, 6) is 0.384. The first-order valence-electron chi connectivity index (χ1n) is 9.30. The Kier molecular flexibility index (Phi) is 6.59. The summed E-state index contributed by atoms with van der Waals surface area (Å²) in [6.45, 7) is 3.32. The maximum absolute atomic E-state index is 13.1. The second kappa shape index (κ2) is 8.96. The highest BCUT2D eigenvalue weighted by Crippen LogP contribution is 2.34. The molecule has 0 aliphatic carbocycles. The molecule has 0 saturated carbocycles. The summed E-state index contributed by atoms with van der Waals surface area (Å²) >= 11 is 0. The summed E-state index contributed by atoms with van der Waals surface area (Å²) in [6.07, 6.45) is 0. The standard InChI is InChI=1S/C20H24F2N2O4S/c1-3-23-9-11-24(12-10-23)18-14-17(7-8-19(18)27-2)29(25,26)16-6-4-5-15(13-16)28-20(21)22/h4-8,13-14,20H,3,9-12H2,1-2H3/i3-1. The minimum absolute atomic E-state index is 0.0698. The van der Waals surface area contributed by atoms with E-state index in [0.717, 1.165) is 38.8 Å². The lowest BCUT2D eigenvalue weighted by molar-refractivity contribution is -0.0499. The van der Waals surface area contributed by atoms with Crippen molar-refractivity contribution in [3.05, 3.63) is 42.5 Å². The second-order valence-corrected chi connectivity index (χ2v) is 8.56. The fraction of sp³-hybridized carbons (Fsp3) is 0.400. The molecule has 29 heavy (non-hydrogen) atoms. The van der Waals surface area contributed by atoms with E-state index in [0.29, 0.717) is 11.4 Å². The first-order valence-corrected chi connectivity index (χ1v) is 10.8. The van der Waals surface area contributed by atoms with E-state index in [2.05, 4.69) is 21.5 Å². The van der Waals surface area contributed by atoms with Crippen LogP contribution < -0.4 is 14.4 Å². The summed E-state index contributed by atoms with van der Waals surface area (Å²) < 4.78 is 60.9. The van der Waals surface area contributed by atoms with Crippen molar-refractivity contribution in [2.45, 2.75) is 23.3 Å². The smallest absolute Gasteiger partial charge is 0.387 e. The van der Waals surface area contributed by atoms with Crippen LogP contribution in [-0.4, -0.2) is 59.8 Å². The third kappa shape index (κ3) is 4.79. The first kappa shape index (κ1) is 21.3. The SMILES string of the molecule is C[11CH2]N1CCN(c2cc(S(=O)(=O)c3cccc(OC(F)F)c3)ccc2OC)CC1. The Bertz CT molecular complexity index is 945. The maximum Gasteiger partial charge on any atom is 0.387 e. The second-order valence-electron chi connectivity index (χ2n) is 6.61. The number of hydrogen-bond donors (Lipinski definition) is 0. The Morgan fingerprint density at radius 2 is 1.72 bits per heavy atom. The van der Waals surface area contributed by atoms with Crippen LogP contribution in [0.25, 0.3) is 0 Å². The van der Waals surface area contributed by atoms with Crippen LogP contribution >= 0.6 is 0 Å². The van der Waals surface area contributed by atoms with E-state index in [1.165, 1.54) is 24.3 Å². The predicted molar refractivity (Wildman–Crippen MR) is 106 cm³/mol. The third-order valence-corrected chi connectivity index (χ3v) is 6.71. The minimum atomic E-state index is -3.92. The average molecular weight is 425 g/mol. The summed E-state index contributed by atoms with van der Waals surface area (Å²) in [4.78, 5) is 4.38. The zero-order valence-electron chi connectivity index (χ0n) is 16.3. The van der Waals surface area contributed by atoms with Gasteiger partial charge in [-0.25, -0.2) is 8.42 Å². The Labute approximate surface area is 169 Å². The van der Waals surface area contributed by atoms with Gasteiger partial charge in [-0.1, -0.05) is 13.0 Å². The van der Waals surface area contributed by atoms with Crippen molar-refractivity contribution in [3.8, 4) is 11.5 Å². The number of piperazine rings is 1. The van der Waals surface area contributed by atoms with E-state index in [9.17, 15) is 17.2 Å². The summed E-state index contributed by atoms with van der Waals surface area (Å²) in [5.41, 5.74) is 0.698. The van der Waals surface area contributed by atoms with Gasteiger partial charge in [-0.2, -0.15) is 8.78 Å². The molecule has 1 fully saturated rings. The zero-order valence-corrected chi connectivity index (χ0v) is 17.2. The van der Waals surface area contributed by atoms with E-state index in [1.54, 1.807) is 19.2 Å². The number of ether oxygens (including phenoxy) is 2. The number of likely N-dealkylation sites (N-methyl/N-ethyl adjacent to an activating group) is 1. The van der Waals surface area contributed by atoms with Gasteiger partial charge in [0.15, 0.2) is 0 Å². The lowest BCUT2D eigenvalue weighted by Crippen LogP contribution is -2.46. The molecule has 6 nitrogen and oxygen atoms in total. The number of anilines is 1. The average Bonchev–Trinajstić information content (AvgIpc) is 2.73. The molecule has 0 amide bonds. The van der Waals surface area contributed by atoms with Crippen molar-refractivity contribution in [2.75, 3.05) is 44.7 Å². The molecular weight excluding hydrogens is 401 g/mol. The van der Waals surface area contributed by atoms with Gasteiger partial charge >= 0.3 is 6.61 Å². The minimum Gasteiger partial charge on any atom is -0.495 e. The molecule has 2 aromatic rings. The molecule has 0 aromatic heterocycles. The molecule has 1 aliphatic heterocycles. The van der Waals surface area contributed by atoms with Crippen LogP contribution in [0.4, 0.5) is 14.5 Å². The fourth-order valence-electron chi connectivity index (χ4n) is 3.34. The van der Waals surface area contributed by atoms with Crippen LogP contribution in [-0.2, 0) is 9.84 Å². The van der Waals surface area contributed by atoms with E-state index in [1.807, 2.05) is 0 Å². The molecule has 2 aromatic carbocycles. The fourth-order valence-corrected chi connectivity index (χ4v) is 4.66. The lowest BCUT2D eigenvalue weighted by atomic mass is 10.1. The summed E-state index contributed by atoms with van der Waals surface area (Å²) in [5, 5.41) is 0. The highest BCUT2D eigenvalue weighted by Gasteiger charge is 2.24. The Balaban J connectivity index is 1.94. The van der Waals surface area contributed by atoms with E-state index in [-0.39, 0.29) is 15.5 Å². The number of alkyl halides is 2. The molecular formula is C20H24F2N2O4S. The van der Waals surface area contributed by atoms with E-state index < -0.39 is 16.4 Å². The molecule has 1 saturated heterocycles. The molecule has 0 radical (unpaired) electrons. The predicted octanol–water partition coefficient (Wildman–Crippen LogP) is 3.27. The Morgan fingerprint density at radius 3 is 2.34 bits per heavy atom. The van der Waals surface area contributed by atoms with Gasteiger partial charge in [0.25, 0.3) is 0 Å². The number of halogens is 2. The molecule has 0 N–H and O–H groups in total. The lowest BCUT2D eigenvalue weighted by Gasteiger charge is -2.36. The van der Waals surface area contributed by atoms with Crippen molar-refractivity contribution in [1.82, 2.24) is 4.90 Å². The van der Waals surface area contributed by atoms with Crippen molar-refractivity contribution >= 4 is 15.5 Å². The van der Waals surface area contributed by atoms with Crippen LogP contribution in [0, 0.1) is 0 Å². The molecule has 3 rings (SSSR count). The largest absolute Gasteiger partial charge is 0.495 e.